The van der Waals surface area contributed by atoms with E-state index in [-0.39, 0.29) is 18.2 Å². The third-order valence-corrected chi connectivity index (χ3v) is 5.33. The van der Waals surface area contributed by atoms with Crippen LogP contribution in [0.15, 0.2) is 29.2 Å². The van der Waals surface area contributed by atoms with E-state index in [1.807, 2.05) is 44.2 Å². The fraction of sp³-hybridized carbons (Fsp3) is 0.389. The first kappa shape index (κ1) is 19.5. The number of thiocarbonyl (C=S) groups is 1. The van der Waals surface area contributed by atoms with E-state index in [0.29, 0.717) is 28.9 Å². The molecule has 2 amide bonds. The van der Waals surface area contributed by atoms with Crippen LogP contribution in [0.1, 0.15) is 25.8 Å². The van der Waals surface area contributed by atoms with Gasteiger partial charge in [-0.2, -0.15) is 0 Å². The molecule has 1 fully saturated rings. The zero-order valence-electron chi connectivity index (χ0n) is 14.7. The fourth-order valence-electron chi connectivity index (χ4n) is 2.49. The monoisotopic (exact) mass is 378 g/mol. The molecular formula is C18H22N2O3S2. The van der Waals surface area contributed by atoms with E-state index in [1.54, 1.807) is 12.0 Å². The largest absolute Gasteiger partial charge is 0.497 e. The van der Waals surface area contributed by atoms with Crippen molar-refractivity contribution in [3.05, 3.63) is 34.7 Å². The lowest BCUT2D eigenvalue weighted by atomic mass is 10.2. The van der Waals surface area contributed by atoms with Crippen LogP contribution in [0.5, 0.6) is 5.75 Å². The maximum atomic E-state index is 12.6. The van der Waals surface area contributed by atoms with Crippen molar-refractivity contribution in [2.45, 2.75) is 20.3 Å². The van der Waals surface area contributed by atoms with Crippen LogP contribution in [-0.2, 0) is 9.59 Å². The fourth-order valence-corrected chi connectivity index (χ4v) is 3.79. The van der Waals surface area contributed by atoms with Crippen LogP contribution in [0.3, 0.4) is 0 Å². The Morgan fingerprint density at radius 1 is 1.28 bits per heavy atom. The van der Waals surface area contributed by atoms with Crippen LogP contribution in [0.2, 0.25) is 0 Å². The summed E-state index contributed by atoms with van der Waals surface area (Å²) in [6, 6.07) is 7.45. The molecule has 0 atom stereocenters. The smallest absolute Gasteiger partial charge is 0.266 e. The van der Waals surface area contributed by atoms with E-state index in [4.69, 9.17) is 17.0 Å². The predicted octanol–water partition coefficient (Wildman–Crippen LogP) is 3.15. The Balaban J connectivity index is 2.03. The van der Waals surface area contributed by atoms with Crippen LogP contribution >= 0.6 is 24.0 Å². The Morgan fingerprint density at radius 3 is 2.48 bits per heavy atom. The number of methoxy groups -OCH3 is 1. The summed E-state index contributed by atoms with van der Waals surface area (Å²) >= 11 is 6.58. The molecule has 25 heavy (non-hydrogen) atoms. The average molecular weight is 379 g/mol. The second-order valence-corrected chi connectivity index (χ2v) is 7.10. The minimum Gasteiger partial charge on any atom is -0.497 e. The number of hydrogen-bond donors (Lipinski definition) is 0. The molecule has 1 aromatic carbocycles. The number of hydrogen-bond acceptors (Lipinski definition) is 5. The number of thioether (sulfide) groups is 1. The van der Waals surface area contributed by atoms with Gasteiger partial charge >= 0.3 is 0 Å². The van der Waals surface area contributed by atoms with Crippen molar-refractivity contribution in [1.82, 2.24) is 9.80 Å². The van der Waals surface area contributed by atoms with Crippen molar-refractivity contribution in [1.29, 1.82) is 0 Å². The lowest BCUT2D eigenvalue weighted by molar-refractivity contribution is -0.131. The van der Waals surface area contributed by atoms with Gasteiger partial charge in [0.2, 0.25) is 5.91 Å². The van der Waals surface area contributed by atoms with Crippen molar-refractivity contribution in [2.75, 3.05) is 26.7 Å². The Morgan fingerprint density at radius 2 is 1.92 bits per heavy atom. The molecule has 0 unspecified atom stereocenters. The molecule has 7 heteroatoms. The molecule has 2 rings (SSSR count). The standard InChI is InChI=1S/C18H22N2O3S2/c1-4-19(5-2)16(21)10-11-20-17(22)15(25-18(20)24)12-13-6-8-14(23-3)9-7-13/h6-9,12H,4-5,10-11H2,1-3H3. The second kappa shape index (κ2) is 9.01. The molecule has 0 N–H and O–H groups in total. The first-order valence-corrected chi connectivity index (χ1v) is 9.39. The zero-order chi connectivity index (χ0) is 18.4. The van der Waals surface area contributed by atoms with E-state index < -0.39 is 0 Å². The van der Waals surface area contributed by atoms with Crippen LogP contribution in [0.25, 0.3) is 6.08 Å². The van der Waals surface area contributed by atoms with Gasteiger partial charge in [0, 0.05) is 26.1 Å². The lowest BCUT2D eigenvalue weighted by Gasteiger charge is -2.20. The van der Waals surface area contributed by atoms with Gasteiger partial charge in [0.05, 0.1) is 12.0 Å². The van der Waals surface area contributed by atoms with Gasteiger partial charge < -0.3 is 9.64 Å². The van der Waals surface area contributed by atoms with Crippen molar-refractivity contribution in [3.63, 3.8) is 0 Å². The van der Waals surface area contributed by atoms with Gasteiger partial charge in [-0.15, -0.1) is 0 Å². The highest BCUT2D eigenvalue weighted by molar-refractivity contribution is 8.26. The Hall–Kier alpha value is -1.86. The summed E-state index contributed by atoms with van der Waals surface area (Å²) in [4.78, 5) is 28.5. The summed E-state index contributed by atoms with van der Waals surface area (Å²) in [5, 5.41) is 0. The van der Waals surface area contributed by atoms with E-state index in [9.17, 15) is 9.59 Å². The summed E-state index contributed by atoms with van der Waals surface area (Å²) in [7, 11) is 1.61. The average Bonchev–Trinajstić information content (AvgIpc) is 2.88. The van der Waals surface area contributed by atoms with E-state index >= 15 is 0 Å². The first-order chi connectivity index (χ1) is 12.0. The highest BCUT2D eigenvalue weighted by Gasteiger charge is 2.32. The number of benzene rings is 1. The van der Waals surface area contributed by atoms with Crippen LogP contribution < -0.4 is 4.74 Å². The molecular weight excluding hydrogens is 356 g/mol. The van der Waals surface area contributed by atoms with E-state index in [1.165, 1.54) is 16.7 Å². The van der Waals surface area contributed by atoms with Crippen LogP contribution in [-0.4, -0.2) is 52.7 Å². The number of ether oxygens (including phenoxy) is 1. The molecule has 0 bridgehead atoms. The Labute approximate surface area is 158 Å². The summed E-state index contributed by atoms with van der Waals surface area (Å²) < 4.78 is 5.63. The number of nitrogens with zero attached hydrogens (tertiary/aromatic N) is 2. The minimum atomic E-state index is -0.141. The molecule has 0 aliphatic carbocycles. The number of amides is 2. The molecule has 0 spiro atoms. The molecule has 1 heterocycles. The van der Waals surface area contributed by atoms with Gasteiger partial charge in [-0.25, -0.2) is 0 Å². The molecule has 1 aliphatic rings. The van der Waals surface area contributed by atoms with Crippen molar-refractivity contribution in [2.24, 2.45) is 0 Å². The summed E-state index contributed by atoms with van der Waals surface area (Å²) in [5.41, 5.74) is 0.903. The maximum absolute atomic E-state index is 12.6. The number of carbonyl (C=O) groups is 2. The highest BCUT2D eigenvalue weighted by atomic mass is 32.2. The minimum absolute atomic E-state index is 0.0400. The van der Waals surface area contributed by atoms with Crippen molar-refractivity contribution < 1.29 is 14.3 Å². The molecule has 0 aromatic heterocycles. The van der Waals surface area contributed by atoms with E-state index in [0.717, 1.165) is 11.3 Å². The molecule has 1 aliphatic heterocycles. The predicted molar refractivity (Wildman–Crippen MR) is 105 cm³/mol. The molecule has 0 saturated carbocycles. The topological polar surface area (TPSA) is 49.9 Å². The summed E-state index contributed by atoms with van der Waals surface area (Å²) in [6.07, 6.45) is 2.09. The zero-order valence-corrected chi connectivity index (χ0v) is 16.3. The van der Waals surface area contributed by atoms with Gasteiger partial charge in [-0.3, -0.25) is 14.5 Å². The van der Waals surface area contributed by atoms with Gasteiger partial charge in [0.15, 0.2) is 0 Å². The normalized spacial score (nSPS) is 15.8. The van der Waals surface area contributed by atoms with Gasteiger partial charge in [-0.1, -0.05) is 36.1 Å². The van der Waals surface area contributed by atoms with E-state index in [2.05, 4.69) is 0 Å². The van der Waals surface area contributed by atoms with Gasteiger partial charge in [0.1, 0.15) is 10.1 Å². The quantitative estimate of drug-likeness (QED) is 0.539. The van der Waals surface area contributed by atoms with Crippen LogP contribution in [0, 0.1) is 0 Å². The SMILES string of the molecule is CCN(CC)C(=O)CCN1C(=O)C(=Cc2ccc(OC)cc2)SC1=S. The molecule has 5 nitrogen and oxygen atoms in total. The molecule has 0 radical (unpaired) electrons. The Bertz CT molecular complexity index is 682. The highest BCUT2D eigenvalue weighted by Crippen LogP contribution is 2.32. The van der Waals surface area contributed by atoms with Crippen LogP contribution in [0.4, 0.5) is 0 Å². The maximum Gasteiger partial charge on any atom is 0.266 e. The third-order valence-electron chi connectivity index (χ3n) is 3.95. The third kappa shape index (κ3) is 4.83. The Kier molecular flexibility index (Phi) is 7.01. The summed E-state index contributed by atoms with van der Waals surface area (Å²) in [5.74, 6) is 0.663. The second-order valence-electron chi connectivity index (χ2n) is 5.42. The van der Waals surface area contributed by atoms with Gasteiger partial charge in [-0.05, 0) is 37.6 Å². The first-order valence-electron chi connectivity index (χ1n) is 8.17. The van der Waals surface area contributed by atoms with Crippen molar-refractivity contribution >= 4 is 46.2 Å². The summed E-state index contributed by atoms with van der Waals surface area (Å²) in [6.45, 7) is 5.55. The molecule has 1 aromatic rings. The van der Waals surface area contributed by atoms with Crippen molar-refractivity contribution in [3.8, 4) is 5.75 Å². The molecule has 1 saturated heterocycles. The lowest BCUT2D eigenvalue weighted by Crippen LogP contribution is -2.36. The number of carbonyl (C=O) groups excluding carboxylic acids is 2. The molecule has 134 valence electrons. The number of rotatable bonds is 7. The van der Waals surface area contributed by atoms with Gasteiger partial charge in [0.25, 0.3) is 5.91 Å².